The van der Waals surface area contributed by atoms with Crippen molar-refractivity contribution in [1.82, 2.24) is 14.3 Å². The van der Waals surface area contributed by atoms with Gasteiger partial charge in [0.05, 0.1) is 28.0 Å². The van der Waals surface area contributed by atoms with E-state index in [4.69, 9.17) is 17.2 Å². The third-order valence-corrected chi connectivity index (χ3v) is 9.41. The van der Waals surface area contributed by atoms with Crippen molar-refractivity contribution in [2.24, 2.45) is 0 Å². The van der Waals surface area contributed by atoms with Crippen LogP contribution < -0.4 is 10.5 Å². The van der Waals surface area contributed by atoms with E-state index < -0.39 is 15.9 Å². The van der Waals surface area contributed by atoms with Crippen molar-refractivity contribution in [3.63, 3.8) is 0 Å². The number of carbonyl (C=O) groups excluding carboxylic acids is 1. The minimum absolute atomic E-state index is 0.0584. The van der Waals surface area contributed by atoms with Crippen LogP contribution in [0.2, 0.25) is 0 Å². The smallest absolute Gasteiger partial charge is 0.267 e. The number of fused-ring (bicyclic) bond motifs is 1. The van der Waals surface area contributed by atoms with E-state index in [0.717, 1.165) is 50.5 Å². The Morgan fingerprint density at radius 3 is 2.58 bits per heavy atom. The first kappa shape index (κ1) is 22.5. The van der Waals surface area contributed by atoms with Crippen molar-refractivity contribution in [1.29, 1.82) is 0 Å². The van der Waals surface area contributed by atoms with Crippen LogP contribution in [0.5, 0.6) is 0 Å². The highest BCUT2D eigenvalue weighted by Gasteiger charge is 2.42. The molecule has 5 heterocycles. The molecule has 0 saturated carbocycles. The molecular formula is C22H24N4O4S3. The van der Waals surface area contributed by atoms with Gasteiger partial charge in [-0.25, -0.2) is 13.4 Å². The number of thioether (sulfide) groups is 1. The highest BCUT2D eigenvalue weighted by atomic mass is 32.2. The van der Waals surface area contributed by atoms with Crippen LogP contribution >= 0.6 is 24.0 Å². The fourth-order valence-corrected chi connectivity index (χ4v) is 7.73. The second kappa shape index (κ2) is 8.84. The van der Waals surface area contributed by atoms with Crippen molar-refractivity contribution in [2.45, 2.75) is 38.1 Å². The first-order valence-electron chi connectivity index (χ1n) is 11.1. The molecule has 0 bridgehead atoms. The summed E-state index contributed by atoms with van der Waals surface area (Å²) >= 11 is 6.55. The second-order valence-electron chi connectivity index (χ2n) is 8.59. The molecule has 1 amide bonds. The number of carbonyl (C=O) groups is 1. The predicted molar refractivity (Wildman–Crippen MR) is 134 cm³/mol. The molecule has 5 rings (SSSR count). The zero-order valence-electron chi connectivity index (χ0n) is 18.0. The standard InChI is InChI=1S/C22H24N4O4S3/c27-20-16(13-17-21(28)26(22(31)32-17)15-8-12-33(29,30)14-15)19(24-9-4-1-2-5-10-24)23-18-7-3-6-11-25(18)20/h3,6-7,11,13,15H,1-2,4-5,8-10,12,14H2/b17-13+. The molecule has 3 aliphatic heterocycles. The normalized spacial score (nSPS) is 24.7. The van der Waals surface area contributed by atoms with Gasteiger partial charge in [-0.1, -0.05) is 42.9 Å². The number of nitrogens with zero attached hydrogens (tertiary/aromatic N) is 4. The zero-order chi connectivity index (χ0) is 23.2. The third kappa shape index (κ3) is 4.33. The van der Waals surface area contributed by atoms with Crippen LogP contribution in [0.25, 0.3) is 11.7 Å². The van der Waals surface area contributed by atoms with Crippen LogP contribution in [-0.4, -0.2) is 63.6 Å². The summed E-state index contributed by atoms with van der Waals surface area (Å²) in [5.74, 6) is 0.225. The number of aromatic nitrogens is 2. The van der Waals surface area contributed by atoms with Crippen molar-refractivity contribution >= 4 is 61.6 Å². The number of anilines is 1. The molecule has 1 unspecified atom stereocenters. The molecular weight excluding hydrogens is 480 g/mol. The number of pyridine rings is 1. The lowest BCUT2D eigenvalue weighted by Crippen LogP contribution is -2.39. The molecule has 3 fully saturated rings. The quantitative estimate of drug-likeness (QED) is 0.465. The van der Waals surface area contributed by atoms with Crippen LogP contribution in [0.1, 0.15) is 37.7 Å². The van der Waals surface area contributed by atoms with E-state index in [2.05, 4.69) is 4.90 Å². The van der Waals surface area contributed by atoms with E-state index in [9.17, 15) is 18.0 Å². The molecule has 11 heteroatoms. The second-order valence-corrected chi connectivity index (χ2v) is 12.5. The maximum Gasteiger partial charge on any atom is 0.267 e. The summed E-state index contributed by atoms with van der Waals surface area (Å²) in [6.07, 6.45) is 7.96. The van der Waals surface area contributed by atoms with Gasteiger partial charge in [0.25, 0.3) is 11.5 Å². The van der Waals surface area contributed by atoms with E-state index >= 15 is 0 Å². The Kier molecular flexibility index (Phi) is 6.04. The highest BCUT2D eigenvalue weighted by molar-refractivity contribution is 8.26. The van der Waals surface area contributed by atoms with Gasteiger partial charge >= 0.3 is 0 Å². The van der Waals surface area contributed by atoms with E-state index in [1.807, 2.05) is 6.07 Å². The molecule has 0 spiro atoms. The molecule has 8 nitrogen and oxygen atoms in total. The van der Waals surface area contributed by atoms with E-state index in [1.165, 1.54) is 9.30 Å². The van der Waals surface area contributed by atoms with Gasteiger partial charge in [0, 0.05) is 19.3 Å². The summed E-state index contributed by atoms with van der Waals surface area (Å²) in [6, 6.07) is 4.96. The first-order chi connectivity index (χ1) is 15.8. The van der Waals surface area contributed by atoms with Gasteiger partial charge in [0.2, 0.25) is 0 Å². The van der Waals surface area contributed by atoms with Crippen LogP contribution in [0, 0.1) is 0 Å². The summed E-state index contributed by atoms with van der Waals surface area (Å²) in [5.41, 5.74) is 0.677. The average Bonchev–Trinajstić information content (AvgIpc) is 3.13. The van der Waals surface area contributed by atoms with Crippen molar-refractivity contribution < 1.29 is 13.2 Å². The number of sulfone groups is 1. The summed E-state index contributed by atoms with van der Waals surface area (Å²) in [5, 5.41) is 0. The third-order valence-electron chi connectivity index (χ3n) is 6.33. The van der Waals surface area contributed by atoms with Crippen LogP contribution in [0.3, 0.4) is 0 Å². The van der Waals surface area contributed by atoms with Gasteiger partial charge < -0.3 is 4.90 Å². The maximum absolute atomic E-state index is 13.5. The van der Waals surface area contributed by atoms with E-state index in [-0.39, 0.29) is 23.0 Å². The predicted octanol–water partition coefficient (Wildman–Crippen LogP) is 2.46. The van der Waals surface area contributed by atoms with Gasteiger partial charge in [0.1, 0.15) is 15.8 Å². The van der Waals surface area contributed by atoms with Gasteiger partial charge in [-0.3, -0.25) is 18.9 Å². The number of amides is 1. The molecule has 174 valence electrons. The monoisotopic (exact) mass is 504 g/mol. The molecule has 2 aromatic rings. The molecule has 0 radical (unpaired) electrons. The SMILES string of the molecule is O=C1/C(=C\c2c(N3CCCCCC3)nc3ccccn3c2=O)SC(=S)N1C1CCS(=O)(=O)C1. The molecule has 0 aromatic carbocycles. The highest BCUT2D eigenvalue weighted by Crippen LogP contribution is 2.37. The van der Waals surface area contributed by atoms with Crippen molar-refractivity contribution in [3.8, 4) is 0 Å². The number of hydrogen-bond acceptors (Lipinski definition) is 8. The van der Waals surface area contributed by atoms with Gasteiger partial charge in [-0.05, 0) is 37.5 Å². The number of hydrogen-bond donors (Lipinski definition) is 0. The Hall–Kier alpha value is -2.24. The molecule has 2 aromatic heterocycles. The van der Waals surface area contributed by atoms with Crippen LogP contribution in [-0.2, 0) is 14.6 Å². The van der Waals surface area contributed by atoms with Gasteiger partial charge in [-0.2, -0.15) is 0 Å². The van der Waals surface area contributed by atoms with Gasteiger partial charge in [0.15, 0.2) is 9.84 Å². The van der Waals surface area contributed by atoms with Crippen molar-refractivity contribution in [2.75, 3.05) is 29.5 Å². The minimum atomic E-state index is -3.16. The minimum Gasteiger partial charge on any atom is -0.356 e. The average molecular weight is 505 g/mol. The summed E-state index contributed by atoms with van der Waals surface area (Å²) in [4.78, 5) is 35.4. The van der Waals surface area contributed by atoms with Crippen LogP contribution in [0.15, 0.2) is 34.1 Å². The Morgan fingerprint density at radius 1 is 1.12 bits per heavy atom. The fourth-order valence-electron chi connectivity index (χ4n) is 4.65. The lowest BCUT2D eigenvalue weighted by Gasteiger charge is -2.23. The Labute approximate surface area is 201 Å². The molecule has 1 atom stereocenters. The van der Waals surface area contributed by atoms with Crippen molar-refractivity contribution in [3.05, 3.63) is 45.2 Å². The Morgan fingerprint density at radius 2 is 1.88 bits per heavy atom. The zero-order valence-corrected chi connectivity index (χ0v) is 20.4. The molecule has 3 saturated heterocycles. The topological polar surface area (TPSA) is 92.1 Å². The first-order valence-corrected chi connectivity index (χ1v) is 14.1. The summed E-state index contributed by atoms with van der Waals surface area (Å²) in [6.45, 7) is 1.61. The summed E-state index contributed by atoms with van der Waals surface area (Å²) < 4.78 is 25.7. The van der Waals surface area contributed by atoms with Gasteiger partial charge in [-0.15, -0.1) is 0 Å². The molecule has 3 aliphatic rings. The van der Waals surface area contributed by atoms with E-state index in [0.29, 0.717) is 32.7 Å². The Balaban J connectivity index is 1.58. The molecule has 0 N–H and O–H groups in total. The summed E-state index contributed by atoms with van der Waals surface area (Å²) in [7, 11) is -3.16. The lowest BCUT2D eigenvalue weighted by atomic mass is 10.2. The molecule has 0 aliphatic carbocycles. The fraction of sp³-hybridized carbons (Fsp3) is 0.455. The largest absolute Gasteiger partial charge is 0.356 e. The Bertz CT molecular complexity index is 1330. The van der Waals surface area contributed by atoms with Crippen LogP contribution in [0.4, 0.5) is 5.82 Å². The number of thiocarbonyl (C=S) groups is 1. The lowest BCUT2D eigenvalue weighted by molar-refractivity contribution is -0.123. The molecule has 33 heavy (non-hydrogen) atoms. The number of rotatable bonds is 3. The maximum atomic E-state index is 13.5. The van der Waals surface area contributed by atoms with E-state index in [1.54, 1.807) is 24.4 Å².